The minimum absolute atomic E-state index is 0.216. The van der Waals surface area contributed by atoms with Gasteiger partial charge in [0.05, 0.1) is 16.8 Å². The van der Waals surface area contributed by atoms with Crippen molar-refractivity contribution in [1.29, 1.82) is 5.26 Å². The zero-order valence-electron chi connectivity index (χ0n) is 11.1. The standard InChI is InChI=1S/C16H11F3N2/c1-11-4-2-3-5-12(11)8-13(9-20)15-7-6-14(10-21-15)16(17,18)19/h2-8,10H,1H3/b13-8+. The molecule has 2 nitrogen and oxygen atoms in total. The third-order valence-electron chi connectivity index (χ3n) is 2.98. The molecule has 0 N–H and O–H groups in total. The van der Waals surface area contributed by atoms with Gasteiger partial charge in [-0.15, -0.1) is 0 Å². The lowest BCUT2D eigenvalue weighted by Crippen LogP contribution is -2.05. The number of aromatic nitrogens is 1. The highest BCUT2D eigenvalue weighted by Gasteiger charge is 2.30. The molecule has 5 heteroatoms. The summed E-state index contributed by atoms with van der Waals surface area (Å²) in [4.78, 5) is 3.73. The number of rotatable bonds is 2. The minimum atomic E-state index is -4.43. The van der Waals surface area contributed by atoms with Gasteiger partial charge in [-0.1, -0.05) is 24.3 Å². The van der Waals surface area contributed by atoms with Crippen LogP contribution in [-0.2, 0) is 6.18 Å². The first-order valence-electron chi connectivity index (χ1n) is 6.13. The summed E-state index contributed by atoms with van der Waals surface area (Å²) in [5, 5.41) is 9.18. The maximum Gasteiger partial charge on any atom is 0.417 e. The van der Waals surface area contributed by atoms with E-state index in [1.165, 1.54) is 6.07 Å². The third kappa shape index (κ3) is 3.48. The quantitative estimate of drug-likeness (QED) is 0.764. The van der Waals surface area contributed by atoms with Crippen LogP contribution in [-0.4, -0.2) is 4.98 Å². The summed E-state index contributed by atoms with van der Waals surface area (Å²) >= 11 is 0. The van der Waals surface area contributed by atoms with E-state index in [1.54, 1.807) is 6.08 Å². The zero-order chi connectivity index (χ0) is 15.5. The van der Waals surface area contributed by atoms with Gasteiger partial charge in [-0.05, 0) is 36.3 Å². The first-order valence-corrected chi connectivity index (χ1v) is 6.13. The zero-order valence-corrected chi connectivity index (χ0v) is 11.1. The van der Waals surface area contributed by atoms with Gasteiger partial charge in [-0.2, -0.15) is 18.4 Å². The molecular formula is C16H11F3N2. The molecule has 0 bridgehead atoms. The number of hydrogen-bond acceptors (Lipinski definition) is 2. The first kappa shape index (κ1) is 14.8. The highest BCUT2D eigenvalue weighted by molar-refractivity contribution is 5.88. The van der Waals surface area contributed by atoms with E-state index in [9.17, 15) is 18.4 Å². The van der Waals surface area contributed by atoms with Crippen LogP contribution in [0.25, 0.3) is 11.6 Å². The van der Waals surface area contributed by atoms with Gasteiger partial charge in [0.25, 0.3) is 0 Å². The molecule has 0 aliphatic carbocycles. The molecular weight excluding hydrogens is 277 g/mol. The van der Waals surface area contributed by atoms with E-state index in [0.717, 1.165) is 23.4 Å². The molecule has 0 atom stereocenters. The Morgan fingerprint density at radius 3 is 2.43 bits per heavy atom. The van der Waals surface area contributed by atoms with E-state index in [1.807, 2.05) is 37.3 Å². The van der Waals surface area contributed by atoms with E-state index < -0.39 is 11.7 Å². The smallest absolute Gasteiger partial charge is 0.255 e. The van der Waals surface area contributed by atoms with Crippen LogP contribution in [0.1, 0.15) is 22.4 Å². The van der Waals surface area contributed by atoms with Crippen LogP contribution >= 0.6 is 0 Å². The molecule has 1 aromatic heterocycles. The Kier molecular flexibility index (Phi) is 4.08. The number of pyridine rings is 1. The van der Waals surface area contributed by atoms with Gasteiger partial charge in [0.2, 0.25) is 0 Å². The van der Waals surface area contributed by atoms with E-state index in [2.05, 4.69) is 4.98 Å². The Morgan fingerprint density at radius 2 is 1.90 bits per heavy atom. The van der Waals surface area contributed by atoms with Gasteiger partial charge in [0.1, 0.15) is 6.07 Å². The van der Waals surface area contributed by atoms with Crippen molar-refractivity contribution in [1.82, 2.24) is 4.98 Å². The first-order chi connectivity index (χ1) is 9.91. The Balaban J connectivity index is 2.39. The molecule has 21 heavy (non-hydrogen) atoms. The SMILES string of the molecule is Cc1ccccc1/C=C(\C#N)c1ccc(C(F)(F)F)cn1. The second kappa shape index (κ2) is 5.80. The molecule has 1 heterocycles. The molecule has 0 spiro atoms. The number of allylic oxidation sites excluding steroid dienone is 1. The second-order valence-corrected chi connectivity index (χ2v) is 4.46. The van der Waals surface area contributed by atoms with Crippen molar-refractivity contribution in [3.8, 4) is 6.07 Å². The number of aryl methyl sites for hydroxylation is 1. The van der Waals surface area contributed by atoms with Crippen LogP contribution < -0.4 is 0 Å². The summed E-state index contributed by atoms with van der Waals surface area (Å²) < 4.78 is 37.4. The molecule has 0 amide bonds. The van der Waals surface area contributed by atoms with Crippen molar-refractivity contribution in [2.75, 3.05) is 0 Å². The summed E-state index contributed by atoms with van der Waals surface area (Å²) in [6.07, 6.45) is -2.08. The average Bonchev–Trinajstić information content (AvgIpc) is 2.46. The summed E-state index contributed by atoms with van der Waals surface area (Å²) in [6.45, 7) is 1.89. The Labute approximate surface area is 120 Å². The lowest BCUT2D eigenvalue weighted by Gasteiger charge is -2.06. The Morgan fingerprint density at radius 1 is 1.19 bits per heavy atom. The molecule has 0 aliphatic heterocycles. The van der Waals surface area contributed by atoms with Gasteiger partial charge in [0.15, 0.2) is 0 Å². The van der Waals surface area contributed by atoms with Crippen LogP contribution in [0.15, 0.2) is 42.6 Å². The van der Waals surface area contributed by atoms with Gasteiger partial charge < -0.3 is 0 Å². The molecule has 1 aromatic carbocycles. The number of nitrogens with zero attached hydrogens (tertiary/aromatic N) is 2. The number of alkyl halides is 3. The highest BCUT2D eigenvalue weighted by Crippen LogP contribution is 2.29. The largest absolute Gasteiger partial charge is 0.417 e. The number of halogens is 3. The highest BCUT2D eigenvalue weighted by atomic mass is 19.4. The van der Waals surface area contributed by atoms with Crippen molar-refractivity contribution in [2.45, 2.75) is 13.1 Å². The average molecular weight is 288 g/mol. The van der Waals surface area contributed by atoms with Crippen LogP contribution in [0, 0.1) is 18.3 Å². The van der Waals surface area contributed by atoms with Crippen LogP contribution in [0.3, 0.4) is 0 Å². The summed E-state index contributed by atoms with van der Waals surface area (Å²) in [5.41, 5.74) is 1.40. The van der Waals surface area contributed by atoms with Crippen molar-refractivity contribution in [3.05, 3.63) is 65.0 Å². The third-order valence-corrected chi connectivity index (χ3v) is 2.98. The van der Waals surface area contributed by atoms with Crippen LogP contribution in [0.4, 0.5) is 13.2 Å². The monoisotopic (exact) mass is 288 g/mol. The maximum absolute atomic E-state index is 12.5. The second-order valence-electron chi connectivity index (χ2n) is 4.46. The predicted octanol–water partition coefficient (Wildman–Crippen LogP) is 4.47. The molecule has 0 radical (unpaired) electrons. The van der Waals surface area contributed by atoms with Crippen molar-refractivity contribution >= 4 is 11.6 Å². The summed E-state index contributed by atoms with van der Waals surface area (Å²) in [5.74, 6) is 0. The molecule has 0 saturated heterocycles. The van der Waals surface area contributed by atoms with Gasteiger partial charge in [-0.25, -0.2) is 0 Å². The molecule has 0 aliphatic rings. The normalized spacial score (nSPS) is 12.0. The van der Waals surface area contributed by atoms with Gasteiger partial charge >= 0.3 is 6.18 Å². The molecule has 2 rings (SSSR count). The predicted molar refractivity (Wildman–Crippen MR) is 73.9 cm³/mol. The van der Waals surface area contributed by atoms with E-state index >= 15 is 0 Å². The van der Waals surface area contributed by atoms with Crippen LogP contribution in [0.5, 0.6) is 0 Å². The summed E-state index contributed by atoms with van der Waals surface area (Å²) in [6, 6.07) is 11.5. The molecule has 106 valence electrons. The minimum Gasteiger partial charge on any atom is -0.255 e. The van der Waals surface area contributed by atoms with Crippen LogP contribution in [0.2, 0.25) is 0 Å². The topological polar surface area (TPSA) is 36.7 Å². The van der Waals surface area contributed by atoms with E-state index in [0.29, 0.717) is 0 Å². The molecule has 0 unspecified atom stereocenters. The molecule has 0 saturated carbocycles. The lowest BCUT2D eigenvalue weighted by molar-refractivity contribution is -0.137. The van der Waals surface area contributed by atoms with Crippen molar-refractivity contribution in [3.63, 3.8) is 0 Å². The van der Waals surface area contributed by atoms with Gasteiger partial charge in [0, 0.05) is 6.20 Å². The van der Waals surface area contributed by atoms with E-state index in [4.69, 9.17) is 0 Å². The van der Waals surface area contributed by atoms with Gasteiger partial charge in [-0.3, -0.25) is 4.98 Å². The van der Waals surface area contributed by atoms with Crippen molar-refractivity contribution < 1.29 is 13.2 Å². The molecule has 2 aromatic rings. The number of nitriles is 1. The number of benzene rings is 1. The number of hydrogen-bond donors (Lipinski definition) is 0. The fourth-order valence-corrected chi connectivity index (χ4v) is 1.79. The maximum atomic E-state index is 12.5. The lowest BCUT2D eigenvalue weighted by atomic mass is 10.0. The van der Waals surface area contributed by atoms with Crippen molar-refractivity contribution in [2.24, 2.45) is 0 Å². The fraction of sp³-hybridized carbons (Fsp3) is 0.125. The van der Waals surface area contributed by atoms with E-state index in [-0.39, 0.29) is 11.3 Å². The fourth-order valence-electron chi connectivity index (χ4n) is 1.79. The Hall–Kier alpha value is -2.61. The molecule has 0 fully saturated rings. The Bertz CT molecular complexity index is 708. The summed E-state index contributed by atoms with van der Waals surface area (Å²) in [7, 11) is 0.